The number of amides is 2. The molecule has 0 bridgehead atoms. The minimum absolute atomic E-state index is 0.0379. The van der Waals surface area contributed by atoms with Gasteiger partial charge < -0.3 is 14.8 Å². The van der Waals surface area contributed by atoms with Crippen LogP contribution >= 0.6 is 0 Å². The molecule has 0 aliphatic carbocycles. The Morgan fingerprint density at radius 1 is 1.25 bits per heavy atom. The summed E-state index contributed by atoms with van der Waals surface area (Å²) in [4.78, 5) is 31.0. The first kappa shape index (κ1) is 23.5. The van der Waals surface area contributed by atoms with Gasteiger partial charge in [0, 0.05) is 25.1 Å². The van der Waals surface area contributed by atoms with E-state index in [0.29, 0.717) is 31.4 Å². The normalized spacial score (nSPS) is 16.0. The van der Waals surface area contributed by atoms with Crippen molar-refractivity contribution in [3.63, 3.8) is 0 Å². The van der Waals surface area contributed by atoms with Gasteiger partial charge in [0.15, 0.2) is 0 Å². The van der Waals surface area contributed by atoms with E-state index in [1.807, 2.05) is 30.3 Å². The molecule has 0 saturated carbocycles. The van der Waals surface area contributed by atoms with Gasteiger partial charge in [0.05, 0.1) is 12.8 Å². The molecule has 2 aromatic rings. The van der Waals surface area contributed by atoms with Crippen molar-refractivity contribution in [1.82, 2.24) is 15.2 Å². The first-order valence-corrected chi connectivity index (χ1v) is 10.7. The highest BCUT2D eigenvalue weighted by atomic mass is 19.1. The van der Waals surface area contributed by atoms with Gasteiger partial charge in [-0.05, 0) is 45.2 Å². The fourth-order valence-corrected chi connectivity index (χ4v) is 3.64. The standard InChI is InChI=1S/C24H30FN3O4/c1-24(2,3)32-23(30)28-12-8-11-20(28)21(29)26-15-17-14-18(25)19(27-22(17)31-4)13-16-9-6-5-7-10-16/h5-7,9-10,14,20H,8,11-13,15H2,1-4H3,(H,26,29)/t20-/m0/s1. The van der Waals surface area contributed by atoms with E-state index in [1.54, 1.807) is 20.8 Å². The van der Waals surface area contributed by atoms with Crippen LogP contribution in [0.1, 0.15) is 50.4 Å². The van der Waals surface area contributed by atoms with Crippen molar-refractivity contribution in [2.45, 2.75) is 58.2 Å². The summed E-state index contributed by atoms with van der Waals surface area (Å²) >= 11 is 0. The van der Waals surface area contributed by atoms with Crippen molar-refractivity contribution >= 4 is 12.0 Å². The number of carbonyl (C=O) groups is 2. The highest BCUT2D eigenvalue weighted by Crippen LogP contribution is 2.23. The van der Waals surface area contributed by atoms with Gasteiger partial charge in [-0.25, -0.2) is 14.2 Å². The minimum Gasteiger partial charge on any atom is -0.481 e. The maximum Gasteiger partial charge on any atom is 0.410 e. The lowest BCUT2D eigenvalue weighted by atomic mass is 10.1. The van der Waals surface area contributed by atoms with Gasteiger partial charge in [0.2, 0.25) is 11.8 Å². The van der Waals surface area contributed by atoms with E-state index in [1.165, 1.54) is 18.1 Å². The second-order valence-corrected chi connectivity index (χ2v) is 8.80. The third-order valence-corrected chi connectivity index (χ3v) is 5.13. The third kappa shape index (κ3) is 5.96. The first-order valence-electron chi connectivity index (χ1n) is 10.7. The monoisotopic (exact) mass is 443 g/mol. The zero-order valence-electron chi connectivity index (χ0n) is 19.0. The molecule has 1 atom stereocenters. The molecule has 1 aliphatic heterocycles. The predicted octanol–water partition coefficient (Wildman–Crippen LogP) is 3.84. The Balaban J connectivity index is 1.67. The third-order valence-electron chi connectivity index (χ3n) is 5.13. The van der Waals surface area contributed by atoms with E-state index in [-0.39, 0.29) is 24.0 Å². The molecule has 2 amide bonds. The minimum atomic E-state index is -0.640. The number of carbonyl (C=O) groups excluding carboxylic acids is 2. The van der Waals surface area contributed by atoms with Gasteiger partial charge in [-0.15, -0.1) is 0 Å². The number of nitrogens with zero attached hydrogens (tertiary/aromatic N) is 2. The molecule has 1 N–H and O–H groups in total. The van der Waals surface area contributed by atoms with Crippen LogP contribution in [0.3, 0.4) is 0 Å². The molecule has 172 valence electrons. The summed E-state index contributed by atoms with van der Waals surface area (Å²) in [6.07, 6.45) is 1.09. The fourth-order valence-electron chi connectivity index (χ4n) is 3.64. The van der Waals surface area contributed by atoms with Crippen molar-refractivity contribution in [3.05, 3.63) is 59.0 Å². The molecule has 32 heavy (non-hydrogen) atoms. The Hall–Kier alpha value is -3.16. The molecule has 1 saturated heterocycles. The Bertz CT molecular complexity index is 960. The van der Waals surface area contributed by atoms with E-state index in [4.69, 9.17) is 9.47 Å². The smallest absolute Gasteiger partial charge is 0.410 e. The van der Waals surface area contributed by atoms with E-state index >= 15 is 0 Å². The predicted molar refractivity (Wildman–Crippen MR) is 118 cm³/mol. The van der Waals surface area contributed by atoms with Gasteiger partial charge >= 0.3 is 6.09 Å². The van der Waals surface area contributed by atoms with Crippen molar-refractivity contribution in [1.29, 1.82) is 0 Å². The van der Waals surface area contributed by atoms with Crippen LogP contribution in [0.2, 0.25) is 0 Å². The lowest BCUT2D eigenvalue weighted by Gasteiger charge is -2.28. The SMILES string of the molecule is COc1nc(Cc2ccccc2)c(F)cc1CNC(=O)[C@@H]1CCCN1C(=O)OC(C)(C)C. The number of ether oxygens (including phenoxy) is 2. The quantitative estimate of drug-likeness (QED) is 0.734. The molecule has 0 spiro atoms. The summed E-state index contributed by atoms with van der Waals surface area (Å²) in [6, 6.07) is 10.2. The zero-order chi connectivity index (χ0) is 23.3. The van der Waals surface area contributed by atoms with Gasteiger partial charge in [-0.1, -0.05) is 30.3 Å². The molecule has 0 radical (unpaired) electrons. The maximum absolute atomic E-state index is 14.7. The molecule has 1 fully saturated rings. The summed E-state index contributed by atoms with van der Waals surface area (Å²) in [5.41, 5.74) is 0.996. The van der Waals surface area contributed by atoms with Gasteiger partial charge in [0.1, 0.15) is 17.5 Å². The van der Waals surface area contributed by atoms with E-state index in [2.05, 4.69) is 10.3 Å². The highest BCUT2D eigenvalue weighted by Gasteiger charge is 2.36. The van der Waals surface area contributed by atoms with E-state index < -0.39 is 23.6 Å². The van der Waals surface area contributed by atoms with Crippen LogP contribution in [-0.2, 0) is 22.5 Å². The van der Waals surface area contributed by atoms with Crippen LogP contribution in [-0.4, -0.2) is 47.2 Å². The van der Waals surface area contributed by atoms with Crippen molar-refractivity contribution < 1.29 is 23.5 Å². The van der Waals surface area contributed by atoms with Crippen LogP contribution in [0.4, 0.5) is 9.18 Å². The molecule has 1 aromatic carbocycles. The average Bonchev–Trinajstić information content (AvgIpc) is 3.23. The zero-order valence-corrected chi connectivity index (χ0v) is 19.0. The van der Waals surface area contributed by atoms with Crippen LogP contribution < -0.4 is 10.1 Å². The van der Waals surface area contributed by atoms with Crippen molar-refractivity contribution in [2.24, 2.45) is 0 Å². The van der Waals surface area contributed by atoms with E-state index in [9.17, 15) is 14.0 Å². The number of pyridine rings is 1. The van der Waals surface area contributed by atoms with Gasteiger partial charge in [-0.3, -0.25) is 9.69 Å². The van der Waals surface area contributed by atoms with Crippen LogP contribution in [0, 0.1) is 5.82 Å². The second kappa shape index (κ2) is 9.97. The Morgan fingerprint density at radius 3 is 2.62 bits per heavy atom. The largest absolute Gasteiger partial charge is 0.481 e. The molecule has 0 unspecified atom stereocenters. The lowest BCUT2D eigenvalue weighted by molar-refractivity contribution is -0.125. The summed E-state index contributed by atoms with van der Waals surface area (Å²) in [5, 5.41) is 2.78. The highest BCUT2D eigenvalue weighted by molar-refractivity contribution is 5.86. The number of halogens is 1. The Kier molecular flexibility index (Phi) is 7.33. The maximum atomic E-state index is 14.7. The Morgan fingerprint density at radius 2 is 1.97 bits per heavy atom. The summed E-state index contributed by atoms with van der Waals surface area (Å²) in [7, 11) is 1.46. The topological polar surface area (TPSA) is 80.8 Å². The number of nitrogens with one attached hydrogen (secondary N) is 1. The van der Waals surface area contributed by atoms with Gasteiger partial charge in [0.25, 0.3) is 0 Å². The van der Waals surface area contributed by atoms with Crippen LogP contribution in [0.25, 0.3) is 0 Å². The number of benzene rings is 1. The number of methoxy groups -OCH3 is 1. The van der Waals surface area contributed by atoms with Crippen LogP contribution in [0.5, 0.6) is 5.88 Å². The molecular weight excluding hydrogens is 413 g/mol. The number of hydrogen-bond donors (Lipinski definition) is 1. The molecule has 8 heteroatoms. The lowest BCUT2D eigenvalue weighted by Crippen LogP contribution is -2.47. The van der Waals surface area contributed by atoms with Gasteiger partial charge in [-0.2, -0.15) is 0 Å². The number of aromatic nitrogens is 1. The molecular formula is C24H30FN3O4. The number of likely N-dealkylation sites (tertiary alicyclic amines) is 1. The molecule has 2 heterocycles. The summed E-state index contributed by atoms with van der Waals surface area (Å²) in [5.74, 6) is -0.521. The number of hydrogen-bond acceptors (Lipinski definition) is 5. The fraction of sp³-hybridized carbons (Fsp3) is 0.458. The Labute approximate surface area is 187 Å². The average molecular weight is 444 g/mol. The summed E-state index contributed by atoms with van der Waals surface area (Å²) < 4.78 is 25.4. The van der Waals surface area contributed by atoms with E-state index in [0.717, 1.165) is 5.56 Å². The first-order chi connectivity index (χ1) is 15.2. The summed E-state index contributed by atoms with van der Waals surface area (Å²) in [6.45, 7) is 5.85. The molecule has 1 aliphatic rings. The van der Waals surface area contributed by atoms with Crippen molar-refractivity contribution in [2.75, 3.05) is 13.7 Å². The molecule has 1 aromatic heterocycles. The second-order valence-electron chi connectivity index (χ2n) is 8.80. The molecule has 3 rings (SSSR count). The van der Waals surface area contributed by atoms with Crippen LogP contribution in [0.15, 0.2) is 36.4 Å². The molecule has 7 nitrogen and oxygen atoms in total. The number of rotatable bonds is 6. The van der Waals surface area contributed by atoms with Crippen molar-refractivity contribution in [3.8, 4) is 5.88 Å².